The van der Waals surface area contributed by atoms with E-state index >= 15 is 0 Å². The first-order valence-corrected chi connectivity index (χ1v) is 33.7. The van der Waals surface area contributed by atoms with Crippen LogP contribution in [0.2, 0.25) is 15.6 Å². The molecule has 0 N–H and O–H groups in total. The molecule has 0 amide bonds. The van der Waals surface area contributed by atoms with Gasteiger partial charge < -0.3 is 0 Å². The van der Waals surface area contributed by atoms with Crippen molar-refractivity contribution in [1.29, 1.82) is 0 Å². The van der Waals surface area contributed by atoms with Crippen LogP contribution < -0.4 is 0 Å². The minimum absolute atomic E-state index is 0.202. The van der Waals surface area contributed by atoms with Crippen LogP contribution in [0.4, 0.5) is 0 Å². The largest absolute Gasteiger partial charge is 0.264 e. The van der Waals surface area contributed by atoms with Gasteiger partial charge in [0, 0.05) is 96.2 Å². The van der Waals surface area contributed by atoms with Crippen molar-refractivity contribution in [3.8, 4) is 113 Å². The maximum atomic E-state index is 6.19. The molecule has 0 aliphatic rings. The molecular weight excluding hydrogens is 1420 g/mol. The Morgan fingerprint density at radius 3 is 1.27 bits per heavy atom. The third kappa shape index (κ3) is 18.9. The number of halogens is 5. The zero-order valence-electron chi connectivity index (χ0n) is 52.5. The molecule has 0 unspecified atom stereocenters. The molecule has 0 bridgehead atoms. The van der Waals surface area contributed by atoms with Crippen molar-refractivity contribution in [2.45, 2.75) is 0 Å². The Morgan fingerprint density at radius 1 is 0.232 bits per heavy atom. The summed E-state index contributed by atoms with van der Waals surface area (Å²) in [5, 5.41) is 3.41. The highest BCUT2D eigenvalue weighted by Gasteiger charge is 2.13. The molecule has 8 aromatic heterocycles. The molecule has 16 aromatic rings. The smallest absolute Gasteiger partial charge is 0.226 e. The van der Waals surface area contributed by atoms with E-state index in [1.807, 2.05) is 243 Å². The summed E-state index contributed by atoms with van der Waals surface area (Å²) in [6.07, 6.45) is 12.4. The molecule has 12 nitrogen and oxygen atoms in total. The van der Waals surface area contributed by atoms with Crippen LogP contribution in [0.5, 0.6) is 0 Å². The predicted molar refractivity (Wildman–Crippen MR) is 408 cm³/mol. The molecule has 0 radical (unpaired) electrons. The van der Waals surface area contributed by atoms with Crippen molar-refractivity contribution < 1.29 is 0 Å². The lowest BCUT2D eigenvalue weighted by molar-refractivity contribution is 1.07. The molecule has 0 saturated carbocycles. The summed E-state index contributed by atoms with van der Waals surface area (Å²) < 4.78 is 2.01. The van der Waals surface area contributed by atoms with E-state index in [2.05, 4.69) is 146 Å². The number of fused-ring (bicyclic) bond motifs is 1. The van der Waals surface area contributed by atoms with Gasteiger partial charge in [0.2, 0.25) is 10.6 Å². The van der Waals surface area contributed by atoms with Crippen LogP contribution in [0.25, 0.3) is 124 Å². The van der Waals surface area contributed by atoms with Crippen LogP contribution in [0.1, 0.15) is 0 Å². The minimum Gasteiger partial charge on any atom is -0.264 e. The predicted octanol–water partition coefficient (Wildman–Crippen LogP) is 22.5. The summed E-state index contributed by atoms with van der Waals surface area (Å²) in [7, 11) is 0. The summed E-state index contributed by atoms with van der Waals surface area (Å²) in [4.78, 5) is 52.1. The van der Waals surface area contributed by atoms with Gasteiger partial charge in [0.15, 0.2) is 17.5 Å². The third-order valence-corrected chi connectivity index (χ3v) is 16.4. The Kier molecular flexibility index (Phi) is 23.3. The van der Waals surface area contributed by atoms with Gasteiger partial charge in [-0.2, -0.15) is 9.97 Å². The highest BCUT2D eigenvalue weighted by molar-refractivity contribution is 9.10. The molecule has 8 heterocycles. The number of rotatable bonds is 10. The van der Waals surface area contributed by atoms with E-state index in [4.69, 9.17) is 34.8 Å². The quantitative estimate of drug-likeness (QED) is 0.120. The first-order chi connectivity index (χ1) is 48.6. The van der Waals surface area contributed by atoms with E-state index in [1.54, 1.807) is 37.2 Å². The fraction of sp³-hybridized carbons (Fsp3) is 0. The lowest BCUT2D eigenvalue weighted by Crippen LogP contribution is -1.96. The van der Waals surface area contributed by atoms with Crippen LogP contribution in [-0.4, -0.2) is 59.8 Å². The average molecular weight is 1470 g/mol. The topological polar surface area (TPSA) is 155 Å². The Labute approximate surface area is 604 Å². The number of hydrogen-bond acceptors (Lipinski definition) is 12. The van der Waals surface area contributed by atoms with Gasteiger partial charge in [0.05, 0.1) is 51.1 Å². The van der Waals surface area contributed by atoms with Gasteiger partial charge in [-0.05, 0) is 124 Å². The molecule has 8 aromatic carbocycles. The molecular formula is C82H55Br2Cl3N12. The fourth-order valence-corrected chi connectivity index (χ4v) is 11.6. The van der Waals surface area contributed by atoms with Gasteiger partial charge >= 0.3 is 0 Å². The van der Waals surface area contributed by atoms with Crippen LogP contribution >= 0.6 is 66.7 Å². The number of aromatic nitrogens is 12. The summed E-state index contributed by atoms with van der Waals surface area (Å²) in [5.41, 5.74) is 16.1. The Bertz CT molecular complexity index is 4780. The SMILES string of the molecule is Brc1cc(-c2cccnc2)cc(-c2ccccn2)c1.Brc1cc(-c2cccnc2)nc(-c2ccccn2)c1.Clc1cnc(-c2ccccc2)nc1-c1ccccc1.Clc1nc(-c2ccccc2)cc(-c2ccc3ccccc3c2)n1.Clc1nc(-c2ccccc2)nc(-c2ccccc2)n1. The second-order valence-corrected chi connectivity index (χ2v) is 24.6. The van der Waals surface area contributed by atoms with Gasteiger partial charge in [0.25, 0.3) is 0 Å². The zero-order chi connectivity index (χ0) is 68.0. The van der Waals surface area contributed by atoms with E-state index in [1.165, 1.54) is 10.8 Å². The van der Waals surface area contributed by atoms with Crippen molar-refractivity contribution in [2.24, 2.45) is 0 Å². The average Bonchev–Trinajstić information content (AvgIpc) is 1.08. The highest BCUT2D eigenvalue weighted by Crippen LogP contribution is 2.33. The first-order valence-electron chi connectivity index (χ1n) is 31.0. The molecule has 99 heavy (non-hydrogen) atoms. The van der Waals surface area contributed by atoms with Gasteiger partial charge in [0.1, 0.15) is 0 Å². The molecule has 0 aliphatic carbocycles. The number of pyridine rings is 5. The van der Waals surface area contributed by atoms with E-state index < -0.39 is 0 Å². The Balaban J connectivity index is 0.000000118. The second kappa shape index (κ2) is 34.1. The van der Waals surface area contributed by atoms with Crippen LogP contribution in [0, 0.1) is 0 Å². The van der Waals surface area contributed by atoms with E-state index in [9.17, 15) is 0 Å². The molecule has 16 rings (SSSR count). The third-order valence-electron chi connectivity index (χ3n) is 14.8. The van der Waals surface area contributed by atoms with Gasteiger partial charge in [-0.15, -0.1) is 0 Å². The van der Waals surface area contributed by atoms with Crippen molar-refractivity contribution in [3.63, 3.8) is 0 Å². The summed E-state index contributed by atoms with van der Waals surface area (Å²) >= 11 is 25.4. The van der Waals surface area contributed by atoms with Crippen molar-refractivity contribution in [3.05, 3.63) is 359 Å². The second-order valence-electron chi connectivity index (χ2n) is 21.6. The van der Waals surface area contributed by atoms with Crippen LogP contribution in [0.3, 0.4) is 0 Å². The van der Waals surface area contributed by atoms with E-state index in [0.29, 0.717) is 22.5 Å². The number of benzene rings is 8. The van der Waals surface area contributed by atoms with Gasteiger partial charge in [-0.1, -0.05) is 250 Å². The summed E-state index contributed by atoms with van der Waals surface area (Å²) in [5.74, 6) is 1.85. The van der Waals surface area contributed by atoms with Crippen molar-refractivity contribution >= 4 is 77.4 Å². The first kappa shape index (κ1) is 67.7. The van der Waals surface area contributed by atoms with Crippen LogP contribution in [0.15, 0.2) is 344 Å². The standard InChI is InChI=1S/C20H13ClN2.C16H11BrN2.C16H11ClN2.C15H10BrN3.C15H10ClN3/c21-20-22-18(15-7-2-1-3-8-15)13-19(23-20)17-11-10-14-6-4-5-9-16(14)12-17;17-15-9-13(12-4-3-6-18-11-12)8-14(10-15)16-5-1-2-7-19-16;17-14-11-18-16(13-9-5-2-6-10-13)19-15(14)12-7-3-1-4-8-12;16-12-8-14(11-4-3-6-17-10-11)19-15(9-12)13-5-1-2-7-18-13;16-15-18-13(11-7-3-1-4-8-11)17-14(19-15)12-9-5-2-6-10-12/h1-13H;2*1-11H;2*1-10H. The highest BCUT2D eigenvalue weighted by atomic mass is 79.9. The molecule has 0 fully saturated rings. The molecule has 478 valence electrons. The molecule has 17 heteroatoms. The molecule has 0 spiro atoms. The molecule has 0 aliphatic heterocycles. The fourth-order valence-electron chi connectivity index (χ4n) is 10.1. The summed E-state index contributed by atoms with van der Waals surface area (Å²) in [6, 6.07) is 95.5. The van der Waals surface area contributed by atoms with Gasteiger partial charge in [-0.25, -0.2) is 29.9 Å². The number of hydrogen-bond donors (Lipinski definition) is 0. The van der Waals surface area contributed by atoms with E-state index in [-0.39, 0.29) is 10.6 Å². The Hall–Kier alpha value is -11.2. The summed E-state index contributed by atoms with van der Waals surface area (Å²) in [6.45, 7) is 0. The maximum Gasteiger partial charge on any atom is 0.226 e. The van der Waals surface area contributed by atoms with Crippen molar-refractivity contribution in [1.82, 2.24) is 59.8 Å². The Morgan fingerprint density at radius 2 is 0.697 bits per heavy atom. The zero-order valence-corrected chi connectivity index (χ0v) is 58.0. The lowest BCUT2D eigenvalue weighted by Gasteiger charge is -2.07. The molecule has 0 atom stereocenters. The maximum absolute atomic E-state index is 6.19. The minimum atomic E-state index is 0.202. The van der Waals surface area contributed by atoms with Gasteiger partial charge in [-0.3, -0.25) is 19.9 Å². The number of nitrogens with zero attached hydrogens (tertiary/aromatic N) is 12. The normalized spacial score (nSPS) is 10.5. The van der Waals surface area contributed by atoms with Crippen molar-refractivity contribution in [2.75, 3.05) is 0 Å². The molecule has 0 saturated heterocycles. The monoisotopic (exact) mass is 1470 g/mol. The lowest BCUT2D eigenvalue weighted by atomic mass is 10.0. The van der Waals surface area contributed by atoms with E-state index in [0.717, 1.165) is 104 Å². The van der Waals surface area contributed by atoms with Crippen LogP contribution in [-0.2, 0) is 0 Å².